The van der Waals surface area contributed by atoms with Crippen LogP contribution in [-0.2, 0) is 11.2 Å². The maximum Gasteiger partial charge on any atom is 0.120 e. The van der Waals surface area contributed by atoms with E-state index in [2.05, 4.69) is 31.3 Å². The molecule has 0 radical (unpaired) electrons. The van der Waals surface area contributed by atoms with Gasteiger partial charge in [-0.1, -0.05) is 6.92 Å². The topological polar surface area (TPSA) is 34.4 Å². The Morgan fingerprint density at radius 3 is 3.00 bits per heavy atom. The standard InChI is InChI=1S/C13H21NO2/c1-3-11-6-7-13(16-11)10(2)14-9-12-5-4-8-15-12/h6-7,10,12,14H,3-5,8-9H2,1-2H3. The predicted molar refractivity (Wildman–Crippen MR) is 63.5 cm³/mol. The molecule has 0 amide bonds. The van der Waals surface area contributed by atoms with E-state index in [1.807, 2.05) is 0 Å². The number of nitrogens with one attached hydrogen (secondary N) is 1. The van der Waals surface area contributed by atoms with E-state index in [0.29, 0.717) is 6.10 Å². The molecule has 0 spiro atoms. The molecule has 2 unspecified atom stereocenters. The van der Waals surface area contributed by atoms with Crippen LogP contribution in [0.15, 0.2) is 16.5 Å². The zero-order valence-electron chi connectivity index (χ0n) is 10.2. The minimum Gasteiger partial charge on any atom is -0.464 e. The Hall–Kier alpha value is -0.800. The monoisotopic (exact) mass is 223 g/mol. The van der Waals surface area contributed by atoms with Crippen LogP contribution in [0.3, 0.4) is 0 Å². The van der Waals surface area contributed by atoms with Gasteiger partial charge in [-0.3, -0.25) is 0 Å². The minimum atomic E-state index is 0.268. The lowest BCUT2D eigenvalue weighted by Gasteiger charge is -2.15. The van der Waals surface area contributed by atoms with Crippen molar-refractivity contribution in [1.82, 2.24) is 5.32 Å². The lowest BCUT2D eigenvalue weighted by Crippen LogP contribution is -2.28. The van der Waals surface area contributed by atoms with Crippen LogP contribution >= 0.6 is 0 Å². The molecule has 1 saturated heterocycles. The Labute approximate surface area is 97.2 Å². The molecule has 16 heavy (non-hydrogen) atoms. The van der Waals surface area contributed by atoms with Crippen LogP contribution in [-0.4, -0.2) is 19.3 Å². The Bertz CT molecular complexity index is 315. The van der Waals surface area contributed by atoms with E-state index in [9.17, 15) is 0 Å². The van der Waals surface area contributed by atoms with Crippen molar-refractivity contribution in [3.05, 3.63) is 23.7 Å². The van der Waals surface area contributed by atoms with Crippen molar-refractivity contribution in [1.29, 1.82) is 0 Å². The summed E-state index contributed by atoms with van der Waals surface area (Å²) in [5.41, 5.74) is 0. The van der Waals surface area contributed by atoms with E-state index in [1.165, 1.54) is 12.8 Å². The first-order chi connectivity index (χ1) is 7.79. The van der Waals surface area contributed by atoms with Gasteiger partial charge in [0, 0.05) is 19.6 Å². The second-order valence-electron chi connectivity index (χ2n) is 4.42. The van der Waals surface area contributed by atoms with E-state index < -0.39 is 0 Å². The Morgan fingerprint density at radius 2 is 2.38 bits per heavy atom. The van der Waals surface area contributed by atoms with E-state index in [4.69, 9.17) is 9.15 Å². The van der Waals surface area contributed by atoms with Gasteiger partial charge in [-0.25, -0.2) is 0 Å². The first-order valence-corrected chi connectivity index (χ1v) is 6.23. The number of aryl methyl sites for hydroxylation is 1. The number of hydrogen-bond donors (Lipinski definition) is 1. The van der Waals surface area contributed by atoms with Crippen LogP contribution in [0.4, 0.5) is 0 Å². The Morgan fingerprint density at radius 1 is 1.50 bits per heavy atom. The highest BCUT2D eigenvalue weighted by molar-refractivity contribution is 5.10. The third-order valence-corrected chi connectivity index (χ3v) is 3.13. The van der Waals surface area contributed by atoms with Crippen LogP contribution < -0.4 is 5.32 Å². The molecule has 2 rings (SSSR count). The van der Waals surface area contributed by atoms with Gasteiger partial charge < -0.3 is 14.5 Å². The van der Waals surface area contributed by atoms with Crippen molar-refractivity contribution in [3.8, 4) is 0 Å². The van der Waals surface area contributed by atoms with Gasteiger partial charge in [-0.05, 0) is 31.9 Å². The van der Waals surface area contributed by atoms with Gasteiger partial charge in [0.1, 0.15) is 11.5 Å². The Kier molecular flexibility index (Phi) is 4.02. The van der Waals surface area contributed by atoms with Crippen LogP contribution in [0.5, 0.6) is 0 Å². The van der Waals surface area contributed by atoms with E-state index in [0.717, 1.165) is 31.1 Å². The predicted octanol–water partition coefficient (Wildman–Crippen LogP) is 2.67. The average molecular weight is 223 g/mol. The smallest absolute Gasteiger partial charge is 0.120 e. The van der Waals surface area contributed by atoms with E-state index in [-0.39, 0.29) is 6.04 Å². The minimum absolute atomic E-state index is 0.268. The maximum absolute atomic E-state index is 5.71. The molecule has 1 aromatic rings. The molecule has 1 N–H and O–H groups in total. The fourth-order valence-corrected chi connectivity index (χ4v) is 2.03. The van der Waals surface area contributed by atoms with Crippen molar-refractivity contribution in [3.63, 3.8) is 0 Å². The Balaban J connectivity index is 1.80. The summed E-state index contributed by atoms with van der Waals surface area (Å²) in [6.45, 7) is 6.07. The first kappa shape index (κ1) is 11.7. The summed E-state index contributed by atoms with van der Waals surface area (Å²) in [4.78, 5) is 0. The number of rotatable bonds is 5. The largest absolute Gasteiger partial charge is 0.464 e. The molecule has 2 atom stereocenters. The molecule has 1 aliphatic rings. The first-order valence-electron chi connectivity index (χ1n) is 6.23. The van der Waals surface area contributed by atoms with Gasteiger partial charge in [0.25, 0.3) is 0 Å². The molecule has 3 nitrogen and oxygen atoms in total. The van der Waals surface area contributed by atoms with Gasteiger partial charge in [0.05, 0.1) is 12.1 Å². The molecule has 1 aromatic heterocycles. The zero-order valence-corrected chi connectivity index (χ0v) is 10.2. The summed E-state index contributed by atoms with van der Waals surface area (Å²) in [5.74, 6) is 2.08. The highest BCUT2D eigenvalue weighted by Crippen LogP contribution is 2.18. The van der Waals surface area contributed by atoms with Gasteiger partial charge in [0.15, 0.2) is 0 Å². The van der Waals surface area contributed by atoms with E-state index in [1.54, 1.807) is 0 Å². The highest BCUT2D eigenvalue weighted by atomic mass is 16.5. The number of hydrogen-bond acceptors (Lipinski definition) is 3. The lowest BCUT2D eigenvalue weighted by atomic mass is 10.2. The lowest BCUT2D eigenvalue weighted by molar-refractivity contribution is 0.107. The second kappa shape index (κ2) is 5.51. The summed E-state index contributed by atoms with van der Waals surface area (Å²) in [5, 5.41) is 3.46. The van der Waals surface area contributed by atoms with E-state index >= 15 is 0 Å². The highest BCUT2D eigenvalue weighted by Gasteiger charge is 2.17. The van der Waals surface area contributed by atoms with Gasteiger partial charge >= 0.3 is 0 Å². The summed E-state index contributed by atoms with van der Waals surface area (Å²) in [7, 11) is 0. The summed E-state index contributed by atoms with van der Waals surface area (Å²) >= 11 is 0. The summed E-state index contributed by atoms with van der Waals surface area (Å²) in [6, 6.07) is 4.38. The normalized spacial score (nSPS) is 22.5. The van der Waals surface area contributed by atoms with Crippen molar-refractivity contribution < 1.29 is 9.15 Å². The SMILES string of the molecule is CCc1ccc(C(C)NCC2CCCO2)o1. The molecule has 0 saturated carbocycles. The van der Waals surface area contributed by atoms with Gasteiger partial charge in [-0.15, -0.1) is 0 Å². The average Bonchev–Trinajstić information content (AvgIpc) is 2.96. The number of ether oxygens (including phenoxy) is 1. The molecule has 0 bridgehead atoms. The molecular weight excluding hydrogens is 202 g/mol. The van der Waals surface area contributed by atoms with Gasteiger partial charge in [-0.2, -0.15) is 0 Å². The number of furan rings is 1. The quantitative estimate of drug-likeness (QED) is 0.833. The fourth-order valence-electron chi connectivity index (χ4n) is 2.03. The van der Waals surface area contributed by atoms with Crippen molar-refractivity contribution in [2.24, 2.45) is 0 Å². The van der Waals surface area contributed by atoms with Crippen molar-refractivity contribution in [2.75, 3.05) is 13.2 Å². The third kappa shape index (κ3) is 2.86. The summed E-state index contributed by atoms with van der Waals surface area (Å²) in [6.07, 6.45) is 3.72. The molecule has 1 aliphatic heterocycles. The maximum atomic E-state index is 5.71. The fraction of sp³-hybridized carbons (Fsp3) is 0.692. The molecule has 2 heterocycles. The van der Waals surface area contributed by atoms with Crippen LogP contribution in [0.2, 0.25) is 0 Å². The second-order valence-corrected chi connectivity index (χ2v) is 4.42. The van der Waals surface area contributed by atoms with Crippen LogP contribution in [0.25, 0.3) is 0 Å². The van der Waals surface area contributed by atoms with Crippen molar-refractivity contribution in [2.45, 2.75) is 45.3 Å². The summed E-state index contributed by atoms with van der Waals surface area (Å²) < 4.78 is 11.3. The molecular formula is C13H21NO2. The molecule has 0 aromatic carbocycles. The molecule has 3 heteroatoms. The van der Waals surface area contributed by atoms with Gasteiger partial charge in [0.2, 0.25) is 0 Å². The van der Waals surface area contributed by atoms with Crippen LogP contribution in [0.1, 0.15) is 44.3 Å². The van der Waals surface area contributed by atoms with Crippen LogP contribution in [0, 0.1) is 0 Å². The van der Waals surface area contributed by atoms with Crippen molar-refractivity contribution >= 4 is 0 Å². The third-order valence-electron chi connectivity index (χ3n) is 3.13. The molecule has 90 valence electrons. The molecule has 0 aliphatic carbocycles. The zero-order chi connectivity index (χ0) is 11.4. The molecule has 1 fully saturated rings.